The minimum atomic E-state index is 0.766. The van der Waals surface area contributed by atoms with Gasteiger partial charge in [-0.3, -0.25) is 9.67 Å². The zero-order valence-corrected chi connectivity index (χ0v) is 15.5. The molecule has 1 aromatic carbocycles. The van der Waals surface area contributed by atoms with Crippen molar-refractivity contribution in [2.45, 2.75) is 33.4 Å². The third-order valence-electron chi connectivity index (χ3n) is 4.19. The van der Waals surface area contributed by atoms with Gasteiger partial charge in [0.15, 0.2) is 5.96 Å². The molecule has 7 nitrogen and oxygen atoms in total. The fourth-order valence-electron chi connectivity index (χ4n) is 2.96. The highest BCUT2D eigenvalue weighted by Crippen LogP contribution is 2.14. The Morgan fingerprint density at radius 1 is 1.15 bits per heavy atom. The van der Waals surface area contributed by atoms with Crippen molar-refractivity contribution < 1.29 is 0 Å². The lowest BCUT2D eigenvalue weighted by Gasteiger charge is -2.13. The first-order chi connectivity index (χ1) is 12.8. The summed E-state index contributed by atoms with van der Waals surface area (Å²) in [6.45, 7) is 8.27. The maximum absolute atomic E-state index is 4.64. The Hall–Kier alpha value is -2.83. The van der Waals surface area contributed by atoms with Gasteiger partial charge in [-0.1, -0.05) is 12.1 Å². The number of aliphatic imine (C=N–C) groups is 1. The minimum Gasteiger partial charge on any atom is -0.357 e. The highest BCUT2D eigenvalue weighted by Gasteiger charge is 2.06. The summed E-state index contributed by atoms with van der Waals surface area (Å²) in [6, 6.07) is 10.2. The Morgan fingerprint density at radius 3 is 2.85 bits per heavy atom. The minimum absolute atomic E-state index is 0.766. The van der Waals surface area contributed by atoms with E-state index in [4.69, 9.17) is 0 Å². The van der Waals surface area contributed by atoms with Crippen molar-refractivity contribution in [2.75, 3.05) is 19.6 Å². The molecular weight excluding hydrogens is 326 g/mol. The Balaban J connectivity index is 1.51. The summed E-state index contributed by atoms with van der Waals surface area (Å²) in [5.74, 6) is 1.89. The fraction of sp³-hybridized carbons (Fsp3) is 0.421. The maximum Gasteiger partial charge on any atom is 0.191 e. The van der Waals surface area contributed by atoms with Crippen LogP contribution in [0.1, 0.15) is 19.2 Å². The summed E-state index contributed by atoms with van der Waals surface area (Å²) < 4.78 is 4.17. The van der Waals surface area contributed by atoms with Gasteiger partial charge in [0, 0.05) is 45.1 Å². The van der Waals surface area contributed by atoms with Crippen LogP contribution < -0.4 is 10.6 Å². The standard InChI is InChI=1S/C19H27N7/c1-3-20-19(21-10-6-13-25-14-7-11-23-25)22-12-15-26-16(2)24-17-8-4-5-9-18(17)26/h4-5,7-9,11,14H,3,6,10,12-13,15H2,1-2H3,(H2,20,21,22). The van der Waals surface area contributed by atoms with Crippen LogP contribution in [0.15, 0.2) is 47.7 Å². The molecule has 0 amide bonds. The lowest BCUT2D eigenvalue weighted by molar-refractivity contribution is 0.583. The van der Waals surface area contributed by atoms with E-state index in [9.17, 15) is 0 Å². The summed E-state index contributed by atoms with van der Waals surface area (Å²) in [5, 5.41) is 10.9. The molecule has 3 rings (SSSR count). The molecule has 2 N–H and O–H groups in total. The summed E-state index contributed by atoms with van der Waals surface area (Å²) in [6.07, 6.45) is 4.74. The summed E-state index contributed by atoms with van der Waals surface area (Å²) in [4.78, 5) is 9.26. The van der Waals surface area contributed by atoms with Crippen molar-refractivity contribution in [2.24, 2.45) is 4.99 Å². The second-order valence-electron chi connectivity index (χ2n) is 6.11. The number of hydrogen-bond acceptors (Lipinski definition) is 3. The molecule has 0 unspecified atom stereocenters. The number of nitrogens with zero attached hydrogens (tertiary/aromatic N) is 5. The number of rotatable bonds is 8. The van der Waals surface area contributed by atoms with Gasteiger partial charge in [-0.05, 0) is 38.5 Å². The average molecular weight is 353 g/mol. The van der Waals surface area contributed by atoms with Gasteiger partial charge in [0.05, 0.1) is 11.0 Å². The van der Waals surface area contributed by atoms with Crippen LogP contribution in [-0.4, -0.2) is 44.9 Å². The van der Waals surface area contributed by atoms with Crippen LogP contribution in [0, 0.1) is 6.92 Å². The van der Waals surface area contributed by atoms with Gasteiger partial charge in [-0.2, -0.15) is 5.10 Å². The first-order valence-electron chi connectivity index (χ1n) is 9.19. The number of nitrogens with one attached hydrogen (secondary N) is 2. The molecule has 0 fully saturated rings. The van der Waals surface area contributed by atoms with Gasteiger partial charge >= 0.3 is 0 Å². The van der Waals surface area contributed by atoms with Crippen molar-refractivity contribution in [3.8, 4) is 0 Å². The Morgan fingerprint density at radius 2 is 2.04 bits per heavy atom. The molecule has 0 aliphatic heterocycles. The number of guanidine groups is 1. The fourth-order valence-corrected chi connectivity index (χ4v) is 2.96. The van der Waals surface area contributed by atoms with Crippen molar-refractivity contribution in [3.63, 3.8) is 0 Å². The number of hydrogen-bond donors (Lipinski definition) is 2. The Kier molecular flexibility index (Phi) is 6.24. The van der Waals surface area contributed by atoms with Crippen LogP contribution in [-0.2, 0) is 13.1 Å². The second kappa shape index (κ2) is 9.03. The van der Waals surface area contributed by atoms with E-state index in [0.29, 0.717) is 0 Å². The van der Waals surface area contributed by atoms with Crippen LogP contribution in [0.4, 0.5) is 0 Å². The number of fused-ring (bicyclic) bond motifs is 1. The van der Waals surface area contributed by atoms with Gasteiger partial charge in [0.1, 0.15) is 5.82 Å². The topological polar surface area (TPSA) is 72.1 Å². The number of imidazole rings is 1. The molecule has 0 bridgehead atoms. The van der Waals surface area contributed by atoms with Gasteiger partial charge in [-0.15, -0.1) is 0 Å². The molecule has 0 aliphatic rings. The molecule has 0 saturated carbocycles. The molecule has 2 aromatic heterocycles. The molecule has 0 aliphatic carbocycles. The largest absolute Gasteiger partial charge is 0.357 e. The van der Waals surface area contributed by atoms with Crippen LogP contribution in [0.3, 0.4) is 0 Å². The monoisotopic (exact) mass is 353 g/mol. The number of aromatic nitrogens is 4. The number of para-hydroxylation sites is 2. The zero-order chi connectivity index (χ0) is 18.2. The normalized spacial score (nSPS) is 11.8. The predicted molar refractivity (Wildman–Crippen MR) is 105 cm³/mol. The van der Waals surface area contributed by atoms with Crippen LogP contribution >= 0.6 is 0 Å². The van der Waals surface area contributed by atoms with E-state index in [-0.39, 0.29) is 0 Å². The van der Waals surface area contributed by atoms with E-state index in [1.807, 2.05) is 23.0 Å². The third kappa shape index (κ3) is 4.62. The van der Waals surface area contributed by atoms with Gasteiger partial charge < -0.3 is 15.2 Å². The van der Waals surface area contributed by atoms with E-state index in [1.54, 1.807) is 6.20 Å². The maximum atomic E-state index is 4.64. The van der Waals surface area contributed by atoms with Crippen molar-refractivity contribution >= 4 is 17.0 Å². The van der Waals surface area contributed by atoms with E-state index >= 15 is 0 Å². The molecule has 0 saturated heterocycles. The molecular formula is C19H27N7. The molecule has 7 heteroatoms. The molecule has 3 aromatic rings. The van der Waals surface area contributed by atoms with Crippen molar-refractivity contribution in [3.05, 3.63) is 48.5 Å². The van der Waals surface area contributed by atoms with E-state index in [0.717, 1.165) is 56.4 Å². The van der Waals surface area contributed by atoms with Crippen LogP contribution in [0.5, 0.6) is 0 Å². The van der Waals surface area contributed by atoms with Crippen molar-refractivity contribution in [1.82, 2.24) is 30.0 Å². The first-order valence-corrected chi connectivity index (χ1v) is 9.19. The van der Waals surface area contributed by atoms with Gasteiger partial charge in [0.25, 0.3) is 0 Å². The predicted octanol–water partition coefficient (Wildman–Crippen LogP) is 2.19. The quantitative estimate of drug-likeness (QED) is 0.370. The molecule has 138 valence electrons. The molecule has 2 heterocycles. The van der Waals surface area contributed by atoms with Crippen molar-refractivity contribution in [1.29, 1.82) is 0 Å². The van der Waals surface area contributed by atoms with Gasteiger partial charge in [-0.25, -0.2) is 4.98 Å². The highest BCUT2D eigenvalue weighted by molar-refractivity contribution is 5.79. The second-order valence-corrected chi connectivity index (χ2v) is 6.11. The SMILES string of the molecule is CCNC(=NCCCn1cccn1)NCCn1c(C)nc2ccccc21. The van der Waals surface area contributed by atoms with Crippen LogP contribution in [0.25, 0.3) is 11.0 Å². The Labute approximate surface area is 154 Å². The Bertz CT molecular complexity index is 833. The van der Waals surface area contributed by atoms with Gasteiger partial charge in [0.2, 0.25) is 0 Å². The summed E-state index contributed by atoms with van der Waals surface area (Å²) in [7, 11) is 0. The number of aryl methyl sites for hydroxylation is 2. The lowest BCUT2D eigenvalue weighted by atomic mass is 10.3. The summed E-state index contributed by atoms with van der Waals surface area (Å²) >= 11 is 0. The summed E-state index contributed by atoms with van der Waals surface area (Å²) in [5.41, 5.74) is 2.22. The van der Waals surface area contributed by atoms with E-state index in [1.165, 1.54) is 5.52 Å². The van der Waals surface area contributed by atoms with Crippen LogP contribution in [0.2, 0.25) is 0 Å². The average Bonchev–Trinajstić information content (AvgIpc) is 3.26. The first kappa shape index (κ1) is 18.0. The highest BCUT2D eigenvalue weighted by atomic mass is 15.3. The molecule has 0 spiro atoms. The zero-order valence-electron chi connectivity index (χ0n) is 15.5. The smallest absolute Gasteiger partial charge is 0.191 e. The third-order valence-corrected chi connectivity index (χ3v) is 4.19. The number of benzene rings is 1. The molecule has 0 radical (unpaired) electrons. The van der Waals surface area contributed by atoms with E-state index in [2.05, 4.69) is 62.3 Å². The lowest BCUT2D eigenvalue weighted by Crippen LogP contribution is -2.39. The van der Waals surface area contributed by atoms with E-state index < -0.39 is 0 Å². The molecule has 0 atom stereocenters. The molecule has 26 heavy (non-hydrogen) atoms.